The minimum atomic E-state index is -4.73. The predicted octanol–water partition coefficient (Wildman–Crippen LogP) is 5.83. The molecule has 16 heteroatoms. The molecule has 0 aromatic heterocycles. The Bertz CT molecular complexity index is 1730. The van der Waals surface area contributed by atoms with Gasteiger partial charge in [-0.2, -0.15) is 37.3 Å². The van der Waals surface area contributed by atoms with Crippen LogP contribution in [0, 0.1) is 0 Å². The summed E-state index contributed by atoms with van der Waals surface area (Å²) >= 11 is 0. The second kappa shape index (κ2) is 15.3. The molecule has 4 rings (SSSR count). The van der Waals surface area contributed by atoms with Crippen LogP contribution in [0.1, 0.15) is 11.1 Å². The molecule has 0 aliphatic rings. The summed E-state index contributed by atoms with van der Waals surface area (Å²) in [6.45, 7) is 0. The summed E-state index contributed by atoms with van der Waals surface area (Å²) in [5.74, 6) is 0.0723. The molecule has 0 heterocycles. The van der Waals surface area contributed by atoms with Crippen LogP contribution >= 0.6 is 0 Å². The molecule has 0 bridgehead atoms. The standard InChI is InChI=1S/C26H20N4O8S2.K.Li/c31-23-11-7-19(8-12-23)27-29-21-5-3-17(25(15-21)39(33,34)35)1-2-18-4-6-22(16-26(18)40(36,37)38)30-28-20-9-13-24(32)14-10-20;;/h1-16,31-32H,(H,33,34,35)(H,36,37,38);;. The van der Waals surface area contributed by atoms with Crippen molar-refractivity contribution in [2.45, 2.75) is 9.79 Å². The molecular weight excluding hydrogens is 606 g/mol. The normalized spacial score (nSPS) is 12.0. The smallest absolute Gasteiger partial charge is 0.295 e. The Morgan fingerprint density at radius 1 is 0.500 bits per heavy atom. The summed E-state index contributed by atoms with van der Waals surface area (Å²) in [5, 5.41) is 34.5. The number of hydrogen-bond acceptors (Lipinski definition) is 10. The molecular formula is C26H20KLiN4O8S2. The van der Waals surface area contributed by atoms with Crippen LogP contribution < -0.4 is 0 Å². The molecule has 0 saturated carbocycles. The zero-order chi connectivity index (χ0) is 28.9. The van der Waals surface area contributed by atoms with Crippen LogP contribution in [0.2, 0.25) is 0 Å². The van der Waals surface area contributed by atoms with Gasteiger partial charge in [-0.15, -0.1) is 0 Å². The number of rotatable bonds is 8. The van der Waals surface area contributed by atoms with Crippen molar-refractivity contribution in [1.29, 1.82) is 0 Å². The molecule has 0 saturated heterocycles. The molecule has 42 heavy (non-hydrogen) atoms. The first-order valence-corrected chi connectivity index (χ1v) is 14.1. The fourth-order valence-electron chi connectivity index (χ4n) is 3.34. The topological polar surface area (TPSA) is 199 Å². The SMILES string of the molecule is O=S(=O)(O)c1cc(N=Nc2ccc(O)cc2)ccc1C=Cc1ccc(N=Nc2ccc(O)cc2)cc1S(=O)(=O)O.[K].[Li]. The molecule has 0 unspecified atom stereocenters. The first-order chi connectivity index (χ1) is 18.9. The zero-order valence-electron chi connectivity index (χ0n) is 22.3. The number of phenols is 2. The summed E-state index contributed by atoms with van der Waals surface area (Å²) in [5.41, 5.74) is 0.976. The number of aromatic hydroxyl groups is 2. The molecule has 0 spiro atoms. The Hall–Kier alpha value is -2.53. The maximum Gasteiger partial charge on any atom is 0.295 e. The van der Waals surface area contributed by atoms with Crippen molar-refractivity contribution in [3.05, 3.63) is 96.1 Å². The van der Waals surface area contributed by atoms with E-state index in [2.05, 4.69) is 20.5 Å². The average molecular weight is 627 g/mol. The number of phenolic OH excluding ortho intramolecular Hbond substituents is 2. The third-order valence-corrected chi connectivity index (χ3v) is 7.07. The van der Waals surface area contributed by atoms with E-state index < -0.39 is 30.0 Å². The quantitative estimate of drug-likeness (QED) is 0.0810. The van der Waals surface area contributed by atoms with Crippen molar-refractivity contribution >= 4 is 125 Å². The minimum absolute atomic E-state index is 0. The second-order valence-electron chi connectivity index (χ2n) is 8.16. The van der Waals surface area contributed by atoms with E-state index in [4.69, 9.17) is 0 Å². The van der Waals surface area contributed by atoms with Gasteiger partial charge in [-0.25, -0.2) is 0 Å². The fraction of sp³-hybridized carbons (Fsp3) is 0. The summed E-state index contributed by atoms with van der Waals surface area (Å²) in [7, 11) is -9.45. The van der Waals surface area contributed by atoms with Crippen LogP contribution in [0.25, 0.3) is 12.2 Å². The Kier molecular flexibility index (Phi) is 13.0. The van der Waals surface area contributed by atoms with Gasteiger partial charge in [0.25, 0.3) is 20.2 Å². The van der Waals surface area contributed by atoms with Crippen LogP contribution in [-0.2, 0) is 20.2 Å². The molecule has 0 amide bonds. The average Bonchev–Trinajstić information content (AvgIpc) is 2.90. The van der Waals surface area contributed by atoms with E-state index >= 15 is 0 Å². The maximum absolute atomic E-state index is 12.1. The van der Waals surface area contributed by atoms with E-state index in [9.17, 15) is 36.2 Å². The summed E-state index contributed by atoms with van der Waals surface area (Å²) in [6.07, 6.45) is 2.48. The molecule has 2 radical (unpaired) electrons. The molecule has 12 nitrogen and oxygen atoms in total. The number of hydrogen-bond donors (Lipinski definition) is 4. The van der Waals surface area contributed by atoms with Gasteiger partial charge in [0.1, 0.15) is 21.3 Å². The fourth-order valence-corrected chi connectivity index (χ4v) is 4.75. The first kappa shape index (κ1) is 35.7. The van der Waals surface area contributed by atoms with Crippen LogP contribution in [0.5, 0.6) is 11.5 Å². The Morgan fingerprint density at radius 2 is 0.786 bits per heavy atom. The van der Waals surface area contributed by atoms with Gasteiger partial charge in [-0.3, -0.25) is 9.11 Å². The third kappa shape index (κ3) is 10.0. The number of azo groups is 2. The van der Waals surface area contributed by atoms with Crippen LogP contribution in [0.15, 0.2) is 115 Å². The van der Waals surface area contributed by atoms with E-state index in [1.54, 1.807) is 0 Å². The van der Waals surface area contributed by atoms with Crippen molar-refractivity contribution in [3.63, 3.8) is 0 Å². The maximum atomic E-state index is 12.1. The zero-order valence-corrected chi connectivity index (χ0v) is 27.0. The molecule has 0 aliphatic carbocycles. The monoisotopic (exact) mass is 626 g/mol. The van der Waals surface area contributed by atoms with Crippen molar-refractivity contribution in [2.24, 2.45) is 20.5 Å². The van der Waals surface area contributed by atoms with Crippen LogP contribution in [0.3, 0.4) is 0 Å². The number of benzene rings is 4. The predicted molar refractivity (Wildman–Crippen MR) is 158 cm³/mol. The molecule has 0 atom stereocenters. The molecule has 4 aromatic carbocycles. The third-order valence-electron chi connectivity index (χ3n) is 5.25. The van der Waals surface area contributed by atoms with Gasteiger partial charge in [0.05, 0.1) is 22.7 Å². The molecule has 4 N–H and O–H groups in total. The Labute approximate surface area is 296 Å². The molecule has 4 aromatic rings. The van der Waals surface area contributed by atoms with E-state index in [0.717, 1.165) is 12.1 Å². The molecule has 0 aliphatic heterocycles. The van der Waals surface area contributed by atoms with Crippen molar-refractivity contribution in [1.82, 2.24) is 0 Å². The molecule has 206 valence electrons. The minimum Gasteiger partial charge on any atom is -0.508 e. The van der Waals surface area contributed by atoms with Gasteiger partial charge in [0.2, 0.25) is 0 Å². The Morgan fingerprint density at radius 3 is 1.10 bits per heavy atom. The van der Waals surface area contributed by atoms with Crippen LogP contribution in [0.4, 0.5) is 22.7 Å². The van der Waals surface area contributed by atoms with E-state index in [1.165, 1.54) is 84.9 Å². The van der Waals surface area contributed by atoms with Crippen molar-refractivity contribution in [3.8, 4) is 11.5 Å². The van der Waals surface area contributed by atoms with E-state index in [-0.39, 0.29) is 104 Å². The van der Waals surface area contributed by atoms with Gasteiger partial charge >= 0.3 is 0 Å². The second-order valence-corrected chi connectivity index (χ2v) is 10.9. The summed E-state index contributed by atoms with van der Waals surface area (Å²) in [6, 6.07) is 19.2. The molecule has 0 fully saturated rings. The largest absolute Gasteiger partial charge is 0.508 e. The van der Waals surface area contributed by atoms with Gasteiger partial charge in [0.15, 0.2) is 0 Å². The number of nitrogens with zero attached hydrogens (tertiary/aromatic N) is 4. The van der Waals surface area contributed by atoms with Gasteiger partial charge in [0, 0.05) is 70.2 Å². The van der Waals surface area contributed by atoms with Gasteiger partial charge in [-0.1, -0.05) is 24.3 Å². The van der Waals surface area contributed by atoms with Gasteiger partial charge < -0.3 is 10.2 Å². The van der Waals surface area contributed by atoms with Crippen molar-refractivity contribution in [2.75, 3.05) is 0 Å². The summed E-state index contributed by atoms with van der Waals surface area (Å²) in [4.78, 5) is -1.03. The van der Waals surface area contributed by atoms with E-state index in [0.29, 0.717) is 11.4 Å². The summed E-state index contributed by atoms with van der Waals surface area (Å²) < 4.78 is 67.7. The van der Waals surface area contributed by atoms with Crippen LogP contribution in [-0.4, -0.2) is 106 Å². The van der Waals surface area contributed by atoms with Gasteiger partial charge in [-0.05, 0) is 83.9 Å². The first-order valence-electron chi connectivity index (χ1n) is 11.2. The van der Waals surface area contributed by atoms with Crippen molar-refractivity contribution < 1.29 is 36.2 Å². The Balaban J connectivity index is 0.00000308. The van der Waals surface area contributed by atoms with E-state index in [1.807, 2.05) is 0 Å².